The molecule has 1 atom stereocenters. The first-order valence-electron chi connectivity index (χ1n) is 7.26. The summed E-state index contributed by atoms with van der Waals surface area (Å²) < 4.78 is 0. The molecule has 1 unspecified atom stereocenters. The topological polar surface area (TPSA) is 0 Å². The Morgan fingerprint density at radius 1 is 0.900 bits per heavy atom. The molecule has 0 nitrogen and oxygen atoms in total. The van der Waals surface area contributed by atoms with Crippen LogP contribution in [0.5, 0.6) is 0 Å². The van der Waals surface area contributed by atoms with Crippen molar-refractivity contribution in [3.8, 4) is 0 Å². The van der Waals surface area contributed by atoms with Crippen molar-refractivity contribution in [2.45, 2.75) is 33.6 Å². The molecule has 0 aromatic heterocycles. The molecule has 0 N–H and O–H groups in total. The van der Waals surface area contributed by atoms with Crippen LogP contribution in [-0.2, 0) is 12.8 Å². The highest BCUT2D eigenvalue weighted by Gasteiger charge is 2.11. The van der Waals surface area contributed by atoms with Gasteiger partial charge in [-0.2, -0.15) is 0 Å². The van der Waals surface area contributed by atoms with Gasteiger partial charge in [-0.3, -0.25) is 0 Å². The van der Waals surface area contributed by atoms with Crippen molar-refractivity contribution in [2.24, 2.45) is 5.92 Å². The van der Waals surface area contributed by atoms with Crippen LogP contribution >= 0.6 is 15.9 Å². The summed E-state index contributed by atoms with van der Waals surface area (Å²) in [7, 11) is 0. The minimum atomic E-state index is 0.650. The van der Waals surface area contributed by atoms with Crippen molar-refractivity contribution in [3.05, 3.63) is 70.3 Å². The number of hydrogen-bond acceptors (Lipinski definition) is 0. The average Bonchev–Trinajstić information content (AvgIpc) is 2.42. The fraction of sp³-hybridized carbons (Fsp3) is 0.368. The Kier molecular flexibility index (Phi) is 5.42. The van der Waals surface area contributed by atoms with Gasteiger partial charge in [0.05, 0.1) is 0 Å². The summed E-state index contributed by atoms with van der Waals surface area (Å²) in [6, 6.07) is 15.6. The fourth-order valence-corrected chi connectivity index (χ4v) is 3.14. The highest BCUT2D eigenvalue weighted by Crippen LogP contribution is 2.20. The first-order valence-corrected chi connectivity index (χ1v) is 8.38. The van der Waals surface area contributed by atoms with E-state index in [9.17, 15) is 0 Å². The van der Waals surface area contributed by atoms with Gasteiger partial charge in [0.15, 0.2) is 0 Å². The SMILES string of the molecule is Cc1cccc(CC(CBr)Cc2cc(C)ccc2C)c1. The van der Waals surface area contributed by atoms with Crippen molar-refractivity contribution in [2.75, 3.05) is 5.33 Å². The summed E-state index contributed by atoms with van der Waals surface area (Å²) in [6.45, 7) is 6.55. The van der Waals surface area contributed by atoms with Gasteiger partial charge in [-0.25, -0.2) is 0 Å². The number of halogens is 1. The zero-order chi connectivity index (χ0) is 14.5. The molecule has 2 rings (SSSR count). The summed E-state index contributed by atoms with van der Waals surface area (Å²) >= 11 is 3.69. The highest BCUT2D eigenvalue weighted by molar-refractivity contribution is 9.09. The molecule has 2 aromatic rings. The third-order valence-electron chi connectivity index (χ3n) is 3.84. The highest BCUT2D eigenvalue weighted by atomic mass is 79.9. The van der Waals surface area contributed by atoms with Gasteiger partial charge < -0.3 is 0 Å². The molecule has 0 saturated heterocycles. The molecule has 0 fully saturated rings. The van der Waals surface area contributed by atoms with Gasteiger partial charge in [0.1, 0.15) is 0 Å². The molecule has 0 saturated carbocycles. The Morgan fingerprint density at radius 3 is 2.35 bits per heavy atom. The van der Waals surface area contributed by atoms with Gasteiger partial charge in [-0.15, -0.1) is 0 Å². The molecule has 0 spiro atoms. The monoisotopic (exact) mass is 330 g/mol. The van der Waals surface area contributed by atoms with E-state index in [1.54, 1.807) is 0 Å². The lowest BCUT2D eigenvalue weighted by Crippen LogP contribution is -2.11. The van der Waals surface area contributed by atoms with Crippen molar-refractivity contribution >= 4 is 15.9 Å². The summed E-state index contributed by atoms with van der Waals surface area (Å²) in [4.78, 5) is 0. The largest absolute Gasteiger partial charge is 0.0925 e. The van der Waals surface area contributed by atoms with Crippen LogP contribution < -0.4 is 0 Å². The van der Waals surface area contributed by atoms with Crippen LogP contribution in [0.1, 0.15) is 27.8 Å². The number of rotatable bonds is 5. The Bertz CT molecular complexity index is 572. The summed E-state index contributed by atoms with van der Waals surface area (Å²) in [6.07, 6.45) is 2.28. The van der Waals surface area contributed by atoms with E-state index in [4.69, 9.17) is 0 Å². The quantitative estimate of drug-likeness (QED) is 0.643. The van der Waals surface area contributed by atoms with Crippen LogP contribution in [0.15, 0.2) is 42.5 Å². The van der Waals surface area contributed by atoms with Crippen LogP contribution in [-0.4, -0.2) is 5.33 Å². The molecule has 0 aliphatic rings. The Morgan fingerprint density at radius 2 is 1.65 bits per heavy atom. The third-order valence-corrected chi connectivity index (χ3v) is 4.75. The second-order valence-corrected chi connectivity index (χ2v) is 6.50. The fourth-order valence-electron chi connectivity index (χ4n) is 2.68. The zero-order valence-corrected chi connectivity index (χ0v) is 14.2. The lowest BCUT2D eigenvalue weighted by atomic mass is 9.91. The van der Waals surface area contributed by atoms with Crippen molar-refractivity contribution in [3.63, 3.8) is 0 Å². The van der Waals surface area contributed by atoms with Gasteiger partial charge in [-0.05, 0) is 56.2 Å². The summed E-state index contributed by atoms with van der Waals surface area (Å²) in [5.41, 5.74) is 7.05. The van der Waals surface area contributed by atoms with Crippen molar-refractivity contribution < 1.29 is 0 Å². The predicted octanol–water partition coefficient (Wildman–Crippen LogP) is 5.41. The summed E-state index contributed by atoms with van der Waals surface area (Å²) in [5, 5.41) is 1.05. The molecule has 106 valence electrons. The Hall–Kier alpha value is -1.08. The van der Waals surface area contributed by atoms with Crippen LogP contribution in [0.4, 0.5) is 0 Å². The predicted molar refractivity (Wildman–Crippen MR) is 91.8 cm³/mol. The minimum absolute atomic E-state index is 0.650. The van der Waals surface area contributed by atoms with Crippen LogP contribution in [0, 0.1) is 26.7 Å². The van der Waals surface area contributed by atoms with Crippen molar-refractivity contribution in [1.29, 1.82) is 0 Å². The lowest BCUT2D eigenvalue weighted by Gasteiger charge is -2.16. The zero-order valence-electron chi connectivity index (χ0n) is 12.6. The van der Waals surface area contributed by atoms with E-state index in [1.807, 2.05) is 0 Å². The second kappa shape index (κ2) is 7.08. The molecule has 0 aliphatic carbocycles. The van der Waals surface area contributed by atoms with E-state index in [1.165, 1.54) is 27.8 Å². The molecule has 0 heterocycles. The molecule has 0 aliphatic heterocycles. The minimum Gasteiger partial charge on any atom is -0.0925 e. The van der Waals surface area contributed by atoms with E-state index in [0.717, 1.165) is 18.2 Å². The van der Waals surface area contributed by atoms with E-state index in [-0.39, 0.29) is 0 Å². The lowest BCUT2D eigenvalue weighted by molar-refractivity contribution is 0.589. The second-order valence-electron chi connectivity index (χ2n) is 5.85. The van der Waals surface area contributed by atoms with Gasteiger partial charge in [0, 0.05) is 5.33 Å². The molecular formula is C19H23Br. The molecule has 0 bridgehead atoms. The van der Waals surface area contributed by atoms with Gasteiger partial charge in [0.25, 0.3) is 0 Å². The van der Waals surface area contributed by atoms with Gasteiger partial charge >= 0.3 is 0 Å². The number of alkyl halides is 1. The van der Waals surface area contributed by atoms with E-state index in [0.29, 0.717) is 5.92 Å². The smallest absolute Gasteiger partial charge is 0.00660 e. The first kappa shape index (κ1) is 15.3. The van der Waals surface area contributed by atoms with Gasteiger partial charge in [-0.1, -0.05) is 69.5 Å². The summed E-state index contributed by atoms with van der Waals surface area (Å²) in [5.74, 6) is 0.650. The van der Waals surface area contributed by atoms with Crippen LogP contribution in [0.3, 0.4) is 0 Å². The van der Waals surface area contributed by atoms with E-state index >= 15 is 0 Å². The maximum absolute atomic E-state index is 3.69. The molecular weight excluding hydrogens is 308 g/mol. The number of benzene rings is 2. The maximum atomic E-state index is 3.69. The van der Waals surface area contributed by atoms with Crippen LogP contribution in [0.25, 0.3) is 0 Å². The number of hydrogen-bond donors (Lipinski definition) is 0. The molecule has 0 radical (unpaired) electrons. The molecule has 0 amide bonds. The average molecular weight is 331 g/mol. The Balaban J connectivity index is 2.11. The van der Waals surface area contributed by atoms with E-state index < -0.39 is 0 Å². The molecule has 2 aromatic carbocycles. The standard InChI is InChI=1S/C19H23Br/c1-14-5-4-6-17(9-14)11-18(13-20)12-19-10-15(2)7-8-16(19)3/h4-10,18H,11-13H2,1-3H3. The van der Waals surface area contributed by atoms with E-state index in [2.05, 4.69) is 79.2 Å². The number of aryl methyl sites for hydroxylation is 3. The third kappa shape index (κ3) is 4.21. The normalized spacial score (nSPS) is 12.4. The Labute approximate surface area is 131 Å². The molecule has 20 heavy (non-hydrogen) atoms. The molecule has 1 heteroatoms. The maximum Gasteiger partial charge on any atom is 0.00660 e. The van der Waals surface area contributed by atoms with Crippen LogP contribution in [0.2, 0.25) is 0 Å². The first-order chi connectivity index (χ1) is 9.58. The van der Waals surface area contributed by atoms with Gasteiger partial charge in [0.2, 0.25) is 0 Å². The van der Waals surface area contributed by atoms with Crippen molar-refractivity contribution in [1.82, 2.24) is 0 Å².